The highest BCUT2D eigenvalue weighted by Gasteiger charge is 2.27. The summed E-state index contributed by atoms with van der Waals surface area (Å²) in [5.41, 5.74) is 1.33. The molecule has 0 unspecified atom stereocenters. The summed E-state index contributed by atoms with van der Waals surface area (Å²) < 4.78 is 10.9. The molecule has 27 heavy (non-hydrogen) atoms. The summed E-state index contributed by atoms with van der Waals surface area (Å²) in [5.74, 6) is 0.657. The quantitative estimate of drug-likeness (QED) is 0.791. The molecule has 0 aromatic heterocycles. The van der Waals surface area contributed by atoms with Crippen LogP contribution in [-0.2, 0) is 4.74 Å². The van der Waals surface area contributed by atoms with E-state index >= 15 is 0 Å². The van der Waals surface area contributed by atoms with Crippen LogP contribution in [0.25, 0.3) is 0 Å². The average Bonchev–Trinajstić information content (AvgIpc) is 2.58. The molecule has 2 rings (SSSR count). The summed E-state index contributed by atoms with van der Waals surface area (Å²) in [4.78, 5) is 27.6. The normalized spacial score (nSPS) is 14.7. The third-order valence-corrected chi connectivity index (χ3v) is 4.69. The van der Waals surface area contributed by atoms with Crippen LogP contribution in [0.2, 0.25) is 5.02 Å². The highest BCUT2D eigenvalue weighted by atomic mass is 35.5. The SMILES string of the molecule is Cc1cc(OCNC(=O)N2CCN(C(=O)OC(C)(C)C)CC2)cc(C)c1Cl. The molecule has 1 aromatic carbocycles. The molecular weight excluding hydrogens is 370 g/mol. The van der Waals surface area contributed by atoms with Crippen molar-refractivity contribution in [3.63, 3.8) is 0 Å². The summed E-state index contributed by atoms with van der Waals surface area (Å²) in [6, 6.07) is 3.45. The molecule has 0 spiro atoms. The van der Waals surface area contributed by atoms with Gasteiger partial charge in [0.2, 0.25) is 0 Å². The highest BCUT2D eigenvalue weighted by Crippen LogP contribution is 2.25. The zero-order valence-corrected chi connectivity index (χ0v) is 17.4. The Balaban J connectivity index is 1.76. The molecule has 0 radical (unpaired) electrons. The minimum atomic E-state index is -0.526. The molecule has 0 saturated carbocycles. The van der Waals surface area contributed by atoms with Gasteiger partial charge in [0, 0.05) is 31.2 Å². The van der Waals surface area contributed by atoms with E-state index in [2.05, 4.69) is 5.32 Å². The molecular formula is C19H28ClN3O4. The Morgan fingerprint density at radius 1 is 1.07 bits per heavy atom. The van der Waals surface area contributed by atoms with Crippen molar-refractivity contribution in [3.05, 3.63) is 28.3 Å². The van der Waals surface area contributed by atoms with Crippen molar-refractivity contribution < 1.29 is 19.1 Å². The van der Waals surface area contributed by atoms with E-state index in [0.29, 0.717) is 37.0 Å². The molecule has 1 aliphatic heterocycles. The molecule has 1 heterocycles. The van der Waals surface area contributed by atoms with Crippen molar-refractivity contribution in [2.24, 2.45) is 0 Å². The van der Waals surface area contributed by atoms with Gasteiger partial charge in [-0.3, -0.25) is 0 Å². The Kier molecular flexibility index (Phi) is 6.81. The summed E-state index contributed by atoms with van der Waals surface area (Å²) >= 11 is 6.14. The van der Waals surface area contributed by atoms with Crippen molar-refractivity contribution in [1.29, 1.82) is 0 Å². The highest BCUT2D eigenvalue weighted by molar-refractivity contribution is 6.32. The van der Waals surface area contributed by atoms with Gasteiger partial charge in [-0.15, -0.1) is 0 Å². The predicted molar refractivity (Wildman–Crippen MR) is 104 cm³/mol. The van der Waals surface area contributed by atoms with Crippen LogP contribution in [0.5, 0.6) is 5.75 Å². The van der Waals surface area contributed by atoms with Crippen molar-refractivity contribution in [1.82, 2.24) is 15.1 Å². The average molecular weight is 398 g/mol. The maximum atomic E-state index is 12.3. The number of benzene rings is 1. The van der Waals surface area contributed by atoms with Crippen LogP contribution >= 0.6 is 11.6 Å². The van der Waals surface area contributed by atoms with Gasteiger partial charge in [0.25, 0.3) is 0 Å². The lowest BCUT2D eigenvalue weighted by Crippen LogP contribution is -2.54. The first kappa shape index (κ1) is 21.2. The maximum absolute atomic E-state index is 12.3. The third kappa shape index (κ3) is 6.20. The molecule has 1 fully saturated rings. The second-order valence-corrected chi connectivity index (χ2v) is 7.97. The second-order valence-electron chi connectivity index (χ2n) is 7.60. The second kappa shape index (κ2) is 8.69. The van der Waals surface area contributed by atoms with Gasteiger partial charge in [0.05, 0.1) is 0 Å². The molecule has 0 bridgehead atoms. The fourth-order valence-electron chi connectivity index (χ4n) is 2.70. The minimum Gasteiger partial charge on any atom is -0.473 e. The van der Waals surface area contributed by atoms with Crippen molar-refractivity contribution in [2.75, 3.05) is 32.9 Å². The van der Waals surface area contributed by atoms with Crippen LogP contribution in [0.4, 0.5) is 9.59 Å². The smallest absolute Gasteiger partial charge is 0.410 e. The van der Waals surface area contributed by atoms with Gasteiger partial charge in [0.15, 0.2) is 6.73 Å². The summed E-state index contributed by atoms with van der Waals surface area (Å²) in [5, 5.41) is 3.45. The fraction of sp³-hybridized carbons (Fsp3) is 0.579. The Hall–Kier alpha value is -2.15. The van der Waals surface area contributed by atoms with E-state index in [4.69, 9.17) is 21.1 Å². The van der Waals surface area contributed by atoms with Crippen LogP contribution in [-0.4, -0.2) is 60.4 Å². The van der Waals surface area contributed by atoms with E-state index in [1.807, 2.05) is 46.8 Å². The zero-order valence-electron chi connectivity index (χ0n) is 16.6. The van der Waals surface area contributed by atoms with E-state index in [9.17, 15) is 9.59 Å². The first-order valence-corrected chi connectivity index (χ1v) is 9.35. The molecule has 0 aliphatic carbocycles. The number of ether oxygens (including phenoxy) is 2. The number of hydrogen-bond donors (Lipinski definition) is 1. The summed E-state index contributed by atoms with van der Waals surface area (Å²) in [6.45, 7) is 11.2. The largest absolute Gasteiger partial charge is 0.473 e. The molecule has 7 nitrogen and oxygen atoms in total. The zero-order chi connectivity index (χ0) is 20.2. The fourth-order valence-corrected chi connectivity index (χ4v) is 2.81. The number of urea groups is 1. The lowest BCUT2D eigenvalue weighted by Gasteiger charge is -2.35. The van der Waals surface area contributed by atoms with Gasteiger partial charge in [-0.1, -0.05) is 11.6 Å². The molecule has 8 heteroatoms. The van der Waals surface area contributed by atoms with Crippen LogP contribution in [0.15, 0.2) is 12.1 Å². The van der Waals surface area contributed by atoms with E-state index in [1.165, 1.54) is 0 Å². The van der Waals surface area contributed by atoms with Crippen LogP contribution < -0.4 is 10.1 Å². The number of carbonyl (C=O) groups excluding carboxylic acids is 2. The van der Waals surface area contributed by atoms with Crippen molar-refractivity contribution in [2.45, 2.75) is 40.2 Å². The number of nitrogens with zero attached hydrogens (tertiary/aromatic N) is 2. The van der Waals surface area contributed by atoms with Gasteiger partial charge in [-0.05, 0) is 57.9 Å². The number of rotatable bonds is 3. The molecule has 1 saturated heterocycles. The Morgan fingerprint density at radius 3 is 2.11 bits per heavy atom. The van der Waals surface area contributed by atoms with E-state index < -0.39 is 5.60 Å². The van der Waals surface area contributed by atoms with E-state index in [1.54, 1.807) is 9.80 Å². The first-order valence-electron chi connectivity index (χ1n) is 8.97. The Labute approximate surface area is 165 Å². The molecule has 1 aromatic rings. The van der Waals surface area contributed by atoms with E-state index in [0.717, 1.165) is 11.1 Å². The summed E-state index contributed by atoms with van der Waals surface area (Å²) in [7, 11) is 0. The number of hydrogen-bond acceptors (Lipinski definition) is 4. The monoisotopic (exact) mass is 397 g/mol. The molecule has 1 N–H and O–H groups in total. The van der Waals surface area contributed by atoms with Crippen molar-refractivity contribution in [3.8, 4) is 5.75 Å². The third-order valence-electron chi connectivity index (χ3n) is 4.09. The maximum Gasteiger partial charge on any atom is 0.410 e. The number of carbonyl (C=O) groups is 2. The van der Waals surface area contributed by atoms with Crippen LogP contribution in [0.3, 0.4) is 0 Å². The molecule has 150 valence electrons. The molecule has 1 aliphatic rings. The number of amides is 3. The van der Waals surface area contributed by atoms with E-state index in [-0.39, 0.29) is 18.9 Å². The first-order chi connectivity index (χ1) is 12.6. The molecule has 0 atom stereocenters. The lowest BCUT2D eigenvalue weighted by atomic mass is 10.1. The molecule has 3 amide bonds. The topological polar surface area (TPSA) is 71.1 Å². The number of piperazine rings is 1. The standard InChI is InChI=1S/C19H28ClN3O4/c1-13-10-15(11-14(2)16(13)20)26-12-21-17(24)22-6-8-23(9-7-22)18(25)27-19(3,4)5/h10-11H,6-9,12H2,1-5H3,(H,21,24). The van der Waals surface area contributed by atoms with Gasteiger partial charge >= 0.3 is 12.1 Å². The van der Waals surface area contributed by atoms with Gasteiger partial charge in [-0.2, -0.15) is 0 Å². The van der Waals surface area contributed by atoms with Gasteiger partial charge in [-0.25, -0.2) is 9.59 Å². The number of halogens is 1. The van der Waals surface area contributed by atoms with Crippen LogP contribution in [0, 0.1) is 13.8 Å². The number of aryl methyl sites for hydroxylation is 2. The number of nitrogens with one attached hydrogen (secondary N) is 1. The van der Waals surface area contributed by atoms with Crippen LogP contribution in [0.1, 0.15) is 31.9 Å². The van der Waals surface area contributed by atoms with Crippen molar-refractivity contribution >= 4 is 23.7 Å². The minimum absolute atomic E-state index is 0.0611. The summed E-state index contributed by atoms with van der Waals surface area (Å²) in [6.07, 6.45) is -0.348. The Bertz CT molecular complexity index is 672. The van der Waals surface area contributed by atoms with Gasteiger partial charge < -0.3 is 24.6 Å². The predicted octanol–water partition coefficient (Wildman–Crippen LogP) is 3.56. The van der Waals surface area contributed by atoms with Gasteiger partial charge in [0.1, 0.15) is 11.4 Å². The lowest BCUT2D eigenvalue weighted by molar-refractivity contribution is 0.0168. The Morgan fingerprint density at radius 2 is 1.59 bits per heavy atom.